The van der Waals surface area contributed by atoms with Crippen molar-refractivity contribution < 1.29 is 9.53 Å². The Hall–Kier alpha value is -2.85. The molecule has 0 fully saturated rings. The molecule has 0 aliphatic carbocycles. The second-order valence-electron chi connectivity index (χ2n) is 6.60. The van der Waals surface area contributed by atoms with Crippen LogP contribution in [0.3, 0.4) is 0 Å². The van der Waals surface area contributed by atoms with Crippen molar-refractivity contribution in [3.8, 4) is 0 Å². The summed E-state index contributed by atoms with van der Waals surface area (Å²) in [6.45, 7) is 2.82. The average Bonchev–Trinajstić information content (AvgIpc) is 3.17. The number of hydrogen-bond donors (Lipinski definition) is 0. The van der Waals surface area contributed by atoms with Crippen molar-refractivity contribution in [3.63, 3.8) is 0 Å². The van der Waals surface area contributed by atoms with E-state index in [-0.39, 0.29) is 12.0 Å². The van der Waals surface area contributed by atoms with Crippen molar-refractivity contribution in [1.82, 2.24) is 9.47 Å². The summed E-state index contributed by atoms with van der Waals surface area (Å²) < 4.78 is 7.12. The zero-order valence-electron chi connectivity index (χ0n) is 14.8. The van der Waals surface area contributed by atoms with Gasteiger partial charge in [0.1, 0.15) is 0 Å². The van der Waals surface area contributed by atoms with Crippen LogP contribution in [0.25, 0.3) is 0 Å². The topological polar surface area (TPSA) is 34.5 Å². The number of hydrogen-bond acceptors (Lipinski definition) is 3. The van der Waals surface area contributed by atoms with E-state index < -0.39 is 0 Å². The molecule has 1 aliphatic heterocycles. The predicted molar refractivity (Wildman–Crippen MR) is 101 cm³/mol. The average molecular weight is 346 g/mol. The fourth-order valence-electron chi connectivity index (χ4n) is 3.72. The molecule has 132 valence electrons. The molecule has 0 amide bonds. The van der Waals surface area contributed by atoms with Crippen LogP contribution in [0.5, 0.6) is 0 Å². The third-order valence-corrected chi connectivity index (χ3v) is 5.01. The number of ether oxygens (including phenoxy) is 1. The third-order valence-electron chi connectivity index (χ3n) is 5.01. The van der Waals surface area contributed by atoms with Crippen molar-refractivity contribution in [2.75, 3.05) is 13.7 Å². The maximum atomic E-state index is 11.6. The van der Waals surface area contributed by atoms with Crippen LogP contribution in [-0.2, 0) is 17.8 Å². The Labute approximate surface area is 153 Å². The lowest BCUT2D eigenvalue weighted by molar-refractivity contribution is 0.0600. The highest BCUT2D eigenvalue weighted by atomic mass is 16.5. The number of carbonyl (C=O) groups excluding carboxylic acids is 1. The summed E-state index contributed by atoms with van der Waals surface area (Å²) >= 11 is 0. The van der Waals surface area contributed by atoms with Crippen molar-refractivity contribution in [3.05, 3.63) is 95.3 Å². The normalized spacial score (nSPS) is 16.9. The molecular formula is C22H22N2O2. The van der Waals surface area contributed by atoms with E-state index in [2.05, 4.69) is 58.1 Å². The molecule has 3 aromatic rings. The molecule has 4 nitrogen and oxygen atoms in total. The van der Waals surface area contributed by atoms with E-state index in [0.29, 0.717) is 5.56 Å². The number of benzene rings is 2. The van der Waals surface area contributed by atoms with Gasteiger partial charge in [-0.25, -0.2) is 4.79 Å². The van der Waals surface area contributed by atoms with Crippen LogP contribution in [0, 0.1) is 0 Å². The molecule has 1 aromatic heterocycles. The first-order valence-corrected chi connectivity index (χ1v) is 8.87. The van der Waals surface area contributed by atoms with Gasteiger partial charge in [0.15, 0.2) is 0 Å². The zero-order chi connectivity index (χ0) is 17.9. The number of nitrogens with zero attached hydrogens (tertiary/aromatic N) is 2. The van der Waals surface area contributed by atoms with E-state index in [0.717, 1.165) is 19.6 Å². The van der Waals surface area contributed by atoms with E-state index in [4.69, 9.17) is 4.74 Å². The quantitative estimate of drug-likeness (QED) is 0.673. The number of aromatic nitrogens is 1. The maximum absolute atomic E-state index is 11.6. The van der Waals surface area contributed by atoms with E-state index in [1.807, 2.05) is 24.3 Å². The summed E-state index contributed by atoms with van der Waals surface area (Å²) in [5.74, 6) is -0.297. The van der Waals surface area contributed by atoms with Gasteiger partial charge in [-0.1, -0.05) is 42.5 Å². The van der Waals surface area contributed by atoms with Gasteiger partial charge < -0.3 is 9.30 Å². The summed E-state index contributed by atoms with van der Waals surface area (Å²) in [5, 5.41) is 0. The largest absolute Gasteiger partial charge is 0.465 e. The molecule has 1 aliphatic rings. The molecule has 26 heavy (non-hydrogen) atoms. The first-order valence-electron chi connectivity index (χ1n) is 8.87. The molecule has 2 heterocycles. The Kier molecular flexibility index (Phi) is 4.59. The fraction of sp³-hybridized carbons (Fsp3) is 0.227. The second-order valence-corrected chi connectivity index (χ2v) is 6.60. The predicted octanol–water partition coefficient (Wildman–Crippen LogP) is 3.88. The van der Waals surface area contributed by atoms with Gasteiger partial charge in [0.25, 0.3) is 0 Å². The molecule has 0 bridgehead atoms. The van der Waals surface area contributed by atoms with Gasteiger partial charge in [-0.15, -0.1) is 0 Å². The summed E-state index contributed by atoms with van der Waals surface area (Å²) in [4.78, 5) is 14.1. The minimum Gasteiger partial charge on any atom is -0.465 e. The molecule has 0 saturated heterocycles. The number of fused-ring (bicyclic) bond motifs is 1. The summed E-state index contributed by atoms with van der Waals surface area (Å²) in [6, 6.07) is 22.9. The van der Waals surface area contributed by atoms with Crippen LogP contribution >= 0.6 is 0 Å². The minimum atomic E-state index is -0.297. The molecule has 0 radical (unpaired) electrons. The molecule has 4 rings (SSSR count). The van der Waals surface area contributed by atoms with Crippen LogP contribution in [0.2, 0.25) is 0 Å². The first-order chi connectivity index (χ1) is 12.8. The molecule has 0 saturated carbocycles. The van der Waals surface area contributed by atoms with E-state index >= 15 is 0 Å². The molecule has 0 spiro atoms. The fourth-order valence-corrected chi connectivity index (χ4v) is 3.72. The van der Waals surface area contributed by atoms with Crippen molar-refractivity contribution in [2.45, 2.75) is 19.1 Å². The van der Waals surface area contributed by atoms with Crippen molar-refractivity contribution in [2.24, 2.45) is 0 Å². The minimum absolute atomic E-state index is 0.236. The van der Waals surface area contributed by atoms with Crippen LogP contribution in [0.15, 0.2) is 72.9 Å². The third kappa shape index (κ3) is 3.16. The second kappa shape index (κ2) is 7.18. The smallest absolute Gasteiger partial charge is 0.337 e. The molecule has 4 heteroatoms. The standard InChI is InChI=1S/C22H22N2O2/c1-26-22(25)19-11-9-17(10-12-19)16-24-15-14-23-13-5-8-20(23)21(24)18-6-3-2-4-7-18/h2-13,21H,14-16H2,1H3. The van der Waals surface area contributed by atoms with Crippen LogP contribution < -0.4 is 0 Å². The highest BCUT2D eigenvalue weighted by molar-refractivity contribution is 5.89. The van der Waals surface area contributed by atoms with E-state index in [9.17, 15) is 4.79 Å². The highest BCUT2D eigenvalue weighted by Crippen LogP contribution is 2.33. The lowest BCUT2D eigenvalue weighted by atomic mass is 9.99. The number of esters is 1. The van der Waals surface area contributed by atoms with Crippen LogP contribution in [0.4, 0.5) is 0 Å². The van der Waals surface area contributed by atoms with Gasteiger partial charge in [0, 0.05) is 31.5 Å². The molecule has 2 aromatic carbocycles. The van der Waals surface area contributed by atoms with Crippen molar-refractivity contribution in [1.29, 1.82) is 0 Å². The number of rotatable bonds is 4. The Morgan fingerprint density at radius 3 is 2.50 bits per heavy atom. The van der Waals surface area contributed by atoms with Gasteiger partial charge >= 0.3 is 5.97 Å². The van der Waals surface area contributed by atoms with Gasteiger partial charge in [-0.2, -0.15) is 0 Å². The SMILES string of the molecule is COC(=O)c1ccc(CN2CCn3cccc3C2c2ccccc2)cc1. The maximum Gasteiger partial charge on any atom is 0.337 e. The molecule has 1 unspecified atom stereocenters. The molecule has 0 N–H and O–H groups in total. The Balaban J connectivity index is 1.62. The van der Waals surface area contributed by atoms with Gasteiger partial charge in [-0.3, -0.25) is 4.90 Å². The van der Waals surface area contributed by atoms with Crippen molar-refractivity contribution >= 4 is 5.97 Å². The Morgan fingerprint density at radius 2 is 1.77 bits per heavy atom. The lowest BCUT2D eigenvalue weighted by Gasteiger charge is -2.37. The van der Waals surface area contributed by atoms with Gasteiger partial charge in [0.2, 0.25) is 0 Å². The summed E-state index contributed by atoms with van der Waals surface area (Å²) in [6.07, 6.45) is 2.16. The Morgan fingerprint density at radius 1 is 1.00 bits per heavy atom. The molecular weight excluding hydrogens is 324 g/mol. The lowest BCUT2D eigenvalue weighted by Crippen LogP contribution is -2.37. The summed E-state index contributed by atoms with van der Waals surface area (Å²) in [5.41, 5.74) is 4.41. The van der Waals surface area contributed by atoms with Gasteiger partial charge in [0.05, 0.1) is 18.7 Å². The van der Waals surface area contributed by atoms with Crippen LogP contribution in [0.1, 0.15) is 33.2 Å². The van der Waals surface area contributed by atoms with E-state index in [1.165, 1.54) is 23.9 Å². The first kappa shape index (κ1) is 16.6. The molecule has 1 atom stereocenters. The monoisotopic (exact) mass is 346 g/mol. The Bertz CT molecular complexity index is 884. The summed E-state index contributed by atoms with van der Waals surface area (Å²) in [7, 11) is 1.41. The zero-order valence-corrected chi connectivity index (χ0v) is 14.8. The van der Waals surface area contributed by atoms with Crippen LogP contribution in [-0.4, -0.2) is 29.1 Å². The number of carbonyl (C=O) groups is 1. The van der Waals surface area contributed by atoms with E-state index in [1.54, 1.807) is 0 Å². The van der Waals surface area contributed by atoms with Gasteiger partial charge in [-0.05, 0) is 35.4 Å². The highest BCUT2D eigenvalue weighted by Gasteiger charge is 2.28. The number of methoxy groups -OCH3 is 1.